The first kappa shape index (κ1) is 18.4. The van der Waals surface area contributed by atoms with Gasteiger partial charge in [-0.15, -0.1) is 11.3 Å². The van der Waals surface area contributed by atoms with Crippen LogP contribution in [0.4, 0.5) is 5.00 Å². The fraction of sp³-hybridized carbons (Fsp3) is 0.533. The van der Waals surface area contributed by atoms with Crippen molar-refractivity contribution >= 4 is 34.1 Å². The van der Waals surface area contributed by atoms with E-state index in [0.29, 0.717) is 12.0 Å². The van der Waals surface area contributed by atoms with Gasteiger partial charge in [-0.25, -0.2) is 4.79 Å². The minimum Gasteiger partial charge on any atom is -0.478 e. The lowest BCUT2D eigenvalue weighted by Crippen LogP contribution is -2.38. The molecule has 1 aromatic rings. The summed E-state index contributed by atoms with van der Waals surface area (Å²) in [6.45, 7) is 5.39. The van der Waals surface area contributed by atoms with Crippen molar-refractivity contribution in [3.05, 3.63) is 16.0 Å². The molecule has 2 amide bonds. The Balaban J connectivity index is 2.22. The van der Waals surface area contributed by atoms with E-state index in [-0.39, 0.29) is 23.7 Å². The first-order valence-electron chi connectivity index (χ1n) is 7.40. The van der Waals surface area contributed by atoms with Crippen molar-refractivity contribution in [1.29, 1.82) is 0 Å². The summed E-state index contributed by atoms with van der Waals surface area (Å²) in [5.74, 6) is -3.07. The van der Waals surface area contributed by atoms with Crippen LogP contribution >= 0.6 is 11.3 Å². The second-order valence-corrected chi connectivity index (χ2v) is 7.36. The van der Waals surface area contributed by atoms with Gasteiger partial charge >= 0.3 is 17.8 Å². The zero-order valence-electron chi connectivity index (χ0n) is 13.6. The number of aliphatic hydroxyl groups is 1. The summed E-state index contributed by atoms with van der Waals surface area (Å²) < 4.78 is 5.65. The smallest absolute Gasteiger partial charge is 0.339 e. The van der Waals surface area contributed by atoms with Gasteiger partial charge in [0.25, 0.3) is 0 Å². The van der Waals surface area contributed by atoms with E-state index in [1.54, 1.807) is 0 Å². The summed E-state index contributed by atoms with van der Waals surface area (Å²) in [7, 11) is 0. The number of fused-ring (bicyclic) bond motifs is 1. The summed E-state index contributed by atoms with van der Waals surface area (Å²) in [6.07, 6.45) is -0.380. The molecule has 0 spiro atoms. The molecule has 8 nitrogen and oxygen atoms in total. The van der Waals surface area contributed by atoms with Crippen molar-refractivity contribution in [2.45, 2.75) is 45.5 Å². The third-order valence-corrected chi connectivity index (χ3v) is 4.61. The molecule has 0 aliphatic carbocycles. The predicted molar refractivity (Wildman–Crippen MR) is 87.2 cm³/mol. The average Bonchev–Trinajstić information content (AvgIpc) is 2.80. The van der Waals surface area contributed by atoms with E-state index in [1.807, 2.05) is 13.8 Å². The van der Waals surface area contributed by atoms with Crippen LogP contribution in [-0.2, 0) is 27.4 Å². The highest BCUT2D eigenvalue weighted by molar-refractivity contribution is 7.17. The highest BCUT2D eigenvalue weighted by Crippen LogP contribution is 2.40. The van der Waals surface area contributed by atoms with Gasteiger partial charge < -0.3 is 25.6 Å². The molecular formula is C15H20N2O6S. The van der Waals surface area contributed by atoms with Gasteiger partial charge in [0.05, 0.1) is 23.9 Å². The lowest BCUT2D eigenvalue weighted by Gasteiger charge is -2.30. The monoisotopic (exact) mass is 356 g/mol. The highest BCUT2D eigenvalue weighted by Gasteiger charge is 2.34. The van der Waals surface area contributed by atoms with Crippen molar-refractivity contribution in [3.8, 4) is 0 Å². The topological polar surface area (TPSA) is 125 Å². The first-order valence-corrected chi connectivity index (χ1v) is 8.21. The fourth-order valence-electron chi connectivity index (χ4n) is 2.35. The van der Waals surface area contributed by atoms with Gasteiger partial charge in [0.1, 0.15) is 5.00 Å². The summed E-state index contributed by atoms with van der Waals surface area (Å²) in [4.78, 5) is 35.9. The Bertz CT molecular complexity index is 680. The van der Waals surface area contributed by atoms with Crippen LogP contribution in [0.1, 0.15) is 41.6 Å². The lowest BCUT2D eigenvalue weighted by molar-refractivity contribution is -0.136. The Morgan fingerprint density at radius 2 is 2.00 bits per heavy atom. The van der Waals surface area contributed by atoms with Crippen LogP contribution < -0.4 is 10.6 Å². The van der Waals surface area contributed by atoms with E-state index in [1.165, 1.54) is 6.92 Å². The van der Waals surface area contributed by atoms with Gasteiger partial charge in [-0.05, 0) is 26.3 Å². The molecule has 0 bridgehead atoms. The number of aliphatic hydroxyl groups excluding tert-OH is 1. The molecule has 1 atom stereocenters. The van der Waals surface area contributed by atoms with Crippen molar-refractivity contribution in [3.63, 3.8) is 0 Å². The number of rotatable bonds is 4. The van der Waals surface area contributed by atoms with Gasteiger partial charge in [0.2, 0.25) is 0 Å². The van der Waals surface area contributed by atoms with E-state index < -0.39 is 29.5 Å². The van der Waals surface area contributed by atoms with Crippen LogP contribution in [0.5, 0.6) is 0 Å². The SMILES string of the molecule is C[C@H](O)CNC(=O)C(=O)Nc1sc2c(c1C(=O)O)CC(C)(C)OC2. The van der Waals surface area contributed by atoms with Crippen LogP contribution in [0.25, 0.3) is 0 Å². The third kappa shape index (κ3) is 4.11. The van der Waals surface area contributed by atoms with Crippen molar-refractivity contribution in [2.75, 3.05) is 11.9 Å². The second-order valence-electron chi connectivity index (χ2n) is 6.25. The molecule has 0 saturated carbocycles. The number of aromatic carboxylic acids is 1. The van der Waals surface area contributed by atoms with Gasteiger partial charge in [0.15, 0.2) is 0 Å². The van der Waals surface area contributed by atoms with Gasteiger partial charge in [-0.3, -0.25) is 9.59 Å². The molecule has 1 aromatic heterocycles. The van der Waals surface area contributed by atoms with Crippen LogP contribution in [-0.4, -0.2) is 46.2 Å². The first-order chi connectivity index (χ1) is 11.1. The number of carbonyl (C=O) groups is 3. The Morgan fingerprint density at radius 1 is 1.33 bits per heavy atom. The molecule has 2 heterocycles. The number of hydrogen-bond donors (Lipinski definition) is 4. The van der Waals surface area contributed by atoms with Crippen molar-refractivity contribution in [1.82, 2.24) is 5.32 Å². The number of carbonyl (C=O) groups excluding carboxylic acids is 2. The van der Waals surface area contributed by atoms with Crippen LogP contribution in [0.15, 0.2) is 0 Å². The van der Waals surface area contributed by atoms with Crippen LogP contribution in [0.3, 0.4) is 0 Å². The van der Waals surface area contributed by atoms with Crippen LogP contribution in [0, 0.1) is 0 Å². The molecule has 0 fully saturated rings. The van der Waals surface area contributed by atoms with E-state index in [9.17, 15) is 19.5 Å². The second kappa shape index (κ2) is 6.88. The standard InChI is InChI=1S/C15H20N2O6S/c1-7(18)5-16-11(19)12(20)17-13-10(14(21)22)8-4-15(2,3)23-6-9(8)24-13/h7,18H,4-6H2,1-3H3,(H,16,19)(H,17,20)(H,21,22)/t7-/m0/s1. The normalized spacial score (nSPS) is 16.8. The minimum absolute atomic E-state index is 0.00283. The summed E-state index contributed by atoms with van der Waals surface area (Å²) >= 11 is 1.09. The van der Waals surface area contributed by atoms with E-state index in [0.717, 1.165) is 16.2 Å². The minimum atomic E-state index is -1.16. The number of ether oxygens (including phenoxy) is 1. The quantitative estimate of drug-likeness (QED) is 0.590. The fourth-order valence-corrected chi connectivity index (χ4v) is 3.47. The number of anilines is 1. The molecule has 132 valence electrons. The zero-order chi connectivity index (χ0) is 18.1. The molecule has 0 unspecified atom stereocenters. The average molecular weight is 356 g/mol. The van der Waals surface area contributed by atoms with Gasteiger partial charge in [-0.2, -0.15) is 0 Å². The Labute approximate surface area is 142 Å². The highest BCUT2D eigenvalue weighted by atomic mass is 32.1. The van der Waals surface area contributed by atoms with E-state index in [2.05, 4.69) is 10.6 Å². The third-order valence-electron chi connectivity index (χ3n) is 3.49. The molecule has 0 aromatic carbocycles. The maximum absolute atomic E-state index is 11.9. The van der Waals surface area contributed by atoms with Gasteiger partial charge in [-0.1, -0.05) is 0 Å². The number of amides is 2. The largest absolute Gasteiger partial charge is 0.478 e. The molecule has 0 radical (unpaired) electrons. The lowest BCUT2D eigenvalue weighted by atomic mass is 9.93. The molecule has 9 heteroatoms. The zero-order valence-corrected chi connectivity index (χ0v) is 14.5. The Hall–Kier alpha value is -1.97. The molecule has 1 aliphatic heterocycles. The summed E-state index contributed by atoms with van der Waals surface area (Å²) in [5.41, 5.74) is 0.139. The van der Waals surface area contributed by atoms with E-state index in [4.69, 9.17) is 9.84 Å². The summed E-state index contributed by atoms with van der Waals surface area (Å²) in [6, 6.07) is 0. The molecule has 4 N–H and O–H groups in total. The Kier molecular flexibility index (Phi) is 5.26. The predicted octanol–water partition coefficient (Wildman–Crippen LogP) is 0.733. The maximum Gasteiger partial charge on any atom is 0.339 e. The maximum atomic E-state index is 11.9. The molecule has 2 rings (SSSR count). The van der Waals surface area contributed by atoms with E-state index >= 15 is 0 Å². The molecular weight excluding hydrogens is 336 g/mol. The van der Waals surface area contributed by atoms with Crippen molar-refractivity contribution in [2.24, 2.45) is 0 Å². The van der Waals surface area contributed by atoms with Crippen molar-refractivity contribution < 1.29 is 29.3 Å². The van der Waals surface area contributed by atoms with Gasteiger partial charge in [0, 0.05) is 17.8 Å². The number of carboxylic acids is 1. The number of hydrogen-bond acceptors (Lipinski definition) is 6. The summed E-state index contributed by atoms with van der Waals surface area (Å²) in [5, 5.41) is 23.3. The Morgan fingerprint density at radius 3 is 2.58 bits per heavy atom. The molecule has 24 heavy (non-hydrogen) atoms. The van der Waals surface area contributed by atoms with Crippen LogP contribution in [0.2, 0.25) is 0 Å². The number of carboxylic acid groups (broad SMARTS) is 1. The molecule has 1 aliphatic rings. The molecule has 0 saturated heterocycles. The number of thiophene rings is 1. The number of nitrogens with one attached hydrogen (secondary N) is 2.